The SMILES string of the molecule is N#Cc1cccc2c1c(=O)c(C(=O)O)nn2-c1ccc(C(P)(P)P)cc1. The number of rotatable bonds is 3. The highest BCUT2D eigenvalue weighted by Crippen LogP contribution is 2.45. The number of carboxylic acid groups (broad SMARTS) is 1. The monoisotopic (exact) mass is 401 g/mol. The molecule has 1 N–H and O–H groups in total. The van der Waals surface area contributed by atoms with Crippen LogP contribution in [-0.4, -0.2) is 20.9 Å². The van der Waals surface area contributed by atoms with E-state index in [1.807, 2.05) is 18.2 Å². The first-order valence-electron chi connectivity index (χ1n) is 7.41. The summed E-state index contributed by atoms with van der Waals surface area (Å²) in [6, 6.07) is 14.0. The van der Waals surface area contributed by atoms with Crippen molar-refractivity contribution in [1.29, 1.82) is 5.26 Å². The summed E-state index contributed by atoms with van der Waals surface area (Å²) >= 11 is 0. The summed E-state index contributed by atoms with van der Waals surface area (Å²) in [4.78, 5) is 24.0. The van der Waals surface area contributed by atoms with Crippen molar-refractivity contribution in [2.24, 2.45) is 0 Å². The molecule has 0 aliphatic rings. The van der Waals surface area contributed by atoms with E-state index in [2.05, 4.69) is 32.8 Å². The Morgan fingerprint density at radius 2 is 1.81 bits per heavy atom. The zero-order chi connectivity index (χ0) is 19.1. The molecular formula is C17H14N3O3P3. The molecule has 0 saturated carbocycles. The van der Waals surface area contributed by atoms with Crippen LogP contribution in [0.4, 0.5) is 0 Å². The second-order valence-corrected chi connectivity index (χ2v) is 10.6. The minimum absolute atomic E-state index is 0.0453. The maximum absolute atomic E-state index is 12.5. The van der Waals surface area contributed by atoms with Crippen LogP contribution in [0.2, 0.25) is 0 Å². The molecule has 3 unspecified atom stereocenters. The van der Waals surface area contributed by atoms with Gasteiger partial charge in [-0.3, -0.25) is 4.79 Å². The van der Waals surface area contributed by atoms with Crippen LogP contribution in [0.25, 0.3) is 16.6 Å². The molecule has 0 aliphatic heterocycles. The number of carbonyl (C=O) groups is 1. The van der Waals surface area contributed by atoms with Crippen molar-refractivity contribution in [2.75, 3.05) is 0 Å². The van der Waals surface area contributed by atoms with E-state index in [4.69, 9.17) is 0 Å². The average molecular weight is 401 g/mol. The zero-order valence-corrected chi connectivity index (χ0v) is 16.8. The van der Waals surface area contributed by atoms with Gasteiger partial charge in [0.2, 0.25) is 11.1 Å². The highest BCUT2D eigenvalue weighted by molar-refractivity contribution is 7.56. The first kappa shape index (κ1) is 18.6. The number of nitrogens with zero attached hydrogens (tertiary/aromatic N) is 3. The highest BCUT2D eigenvalue weighted by Gasteiger charge is 2.20. The van der Waals surface area contributed by atoms with Crippen molar-refractivity contribution >= 4 is 44.6 Å². The summed E-state index contributed by atoms with van der Waals surface area (Å²) in [5, 5.41) is 22.7. The summed E-state index contributed by atoms with van der Waals surface area (Å²) < 4.78 is 1.10. The molecule has 3 atom stereocenters. The Hall–Kier alpha value is -2.17. The van der Waals surface area contributed by atoms with E-state index in [-0.39, 0.29) is 15.6 Å². The number of aromatic nitrogens is 2. The van der Waals surface area contributed by atoms with Gasteiger partial charge in [-0.05, 0) is 29.8 Å². The predicted octanol–water partition coefficient (Wildman–Crippen LogP) is 2.69. The Morgan fingerprint density at radius 3 is 2.35 bits per heavy atom. The normalized spacial score (nSPS) is 11.3. The van der Waals surface area contributed by atoms with E-state index in [0.29, 0.717) is 11.2 Å². The van der Waals surface area contributed by atoms with Crippen molar-refractivity contribution in [1.82, 2.24) is 9.78 Å². The topological polar surface area (TPSA) is 96.0 Å². The molecule has 3 aromatic rings. The van der Waals surface area contributed by atoms with Crippen molar-refractivity contribution < 1.29 is 9.90 Å². The average Bonchev–Trinajstić information content (AvgIpc) is 2.60. The minimum Gasteiger partial charge on any atom is -0.476 e. The number of benzene rings is 2. The van der Waals surface area contributed by atoms with Gasteiger partial charge in [-0.25, -0.2) is 9.48 Å². The quantitative estimate of drug-likeness (QED) is 0.681. The second-order valence-electron chi connectivity index (χ2n) is 5.69. The number of hydrogen-bond donors (Lipinski definition) is 1. The van der Waals surface area contributed by atoms with Crippen molar-refractivity contribution in [3.63, 3.8) is 0 Å². The Kier molecular flexibility index (Phi) is 4.91. The maximum atomic E-state index is 12.5. The Morgan fingerprint density at radius 1 is 1.15 bits per heavy atom. The van der Waals surface area contributed by atoms with E-state index >= 15 is 0 Å². The molecule has 0 fully saturated rings. The van der Waals surface area contributed by atoms with Gasteiger partial charge in [-0.15, -0.1) is 27.7 Å². The number of nitriles is 1. The molecule has 1 aromatic heterocycles. The molecular weight excluding hydrogens is 387 g/mol. The smallest absolute Gasteiger partial charge is 0.360 e. The lowest BCUT2D eigenvalue weighted by atomic mass is 10.1. The predicted molar refractivity (Wildman–Crippen MR) is 110 cm³/mol. The Labute approximate surface area is 155 Å². The summed E-state index contributed by atoms with van der Waals surface area (Å²) in [5.41, 5.74) is 0.684. The van der Waals surface area contributed by atoms with Gasteiger partial charge in [0.25, 0.3) is 0 Å². The van der Waals surface area contributed by atoms with Crippen LogP contribution < -0.4 is 5.43 Å². The fourth-order valence-corrected chi connectivity index (χ4v) is 3.17. The first-order chi connectivity index (χ1) is 12.2. The molecule has 2 aromatic carbocycles. The fourth-order valence-electron chi connectivity index (χ4n) is 2.59. The summed E-state index contributed by atoms with van der Waals surface area (Å²) in [5.74, 6) is -1.44. The van der Waals surface area contributed by atoms with Crippen molar-refractivity contribution in [2.45, 2.75) is 4.64 Å². The van der Waals surface area contributed by atoms with Crippen LogP contribution in [0, 0.1) is 11.3 Å². The van der Waals surface area contributed by atoms with E-state index < -0.39 is 17.1 Å². The van der Waals surface area contributed by atoms with Crippen LogP contribution in [0.1, 0.15) is 21.6 Å². The number of fused-ring (bicyclic) bond motifs is 1. The van der Waals surface area contributed by atoms with E-state index in [1.54, 1.807) is 24.3 Å². The molecule has 9 heteroatoms. The summed E-state index contributed by atoms with van der Waals surface area (Å²) in [6.07, 6.45) is 0. The van der Waals surface area contributed by atoms with Gasteiger partial charge in [0, 0.05) is 4.64 Å². The molecule has 0 amide bonds. The molecule has 0 radical (unpaired) electrons. The minimum atomic E-state index is -1.44. The van der Waals surface area contributed by atoms with Crippen molar-refractivity contribution in [3.05, 3.63) is 69.5 Å². The van der Waals surface area contributed by atoms with Gasteiger partial charge < -0.3 is 5.11 Å². The highest BCUT2D eigenvalue weighted by atomic mass is 31.1. The molecule has 130 valence electrons. The molecule has 0 spiro atoms. The molecule has 6 nitrogen and oxygen atoms in total. The van der Waals surface area contributed by atoms with Gasteiger partial charge in [-0.1, -0.05) is 18.2 Å². The Balaban J connectivity index is 2.36. The molecule has 0 aliphatic carbocycles. The van der Waals surface area contributed by atoms with Crippen molar-refractivity contribution in [3.8, 4) is 11.8 Å². The second kappa shape index (κ2) is 6.86. The molecule has 3 rings (SSSR count). The van der Waals surface area contributed by atoms with Crippen LogP contribution in [0.15, 0.2) is 47.3 Å². The Bertz CT molecular complexity index is 1130. The maximum Gasteiger partial charge on any atom is 0.360 e. The lowest BCUT2D eigenvalue weighted by Gasteiger charge is -2.19. The lowest BCUT2D eigenvalue weighted by molar-refractivity contribution is 0.0687. The zero-order valence-electron chi connectivity index (χ0n) is 13.4. The van der Waals surface area contributed by atoms with Crippen LogP contribution in [-0.2, 0) is 4.64 Å². The third-order valence-electron chi connectivity index (χ3n) is 3.85. The lowest BCUT2D eigenvalue weighted by Crippen LogP contribution is -2.23. The van der Waals surface area contributed by atoms with Crippen LogP contribution in [0.5, 0.6) is 0 Å². The summed E-state index contributed by atoms with van der Waals surface area (Å²) in [7, 11) is 8.05. The molecule has 0 bridgehead atoms. The third kappa shape index (κ3) is 3.27. The van der Waals surface area contributed by atoms with Gasteiger partial charge in [-0.2, -0.15) is 10.4 Å². The van der Waals surface area contributed by atoms with E-state index in [1.165, 1.54) is 10.7 Å². The van der Waals surface area contributed by atoms with E-state index in [9.17, 15) is 20.0 Å². The van der Waals surface area contributed by atoms with Gasteiger partial charge in [0.15, 0.2) is 0 Å². The molecule has 0 saturated heterocycles. The molecule has 1 heterocycles. The van der Waals surface area contributed by atoms with Crippen LogP contribution in [0.3, 0.4) is 0 Å². The number of aromatic carboxylic acids is 1. The summed E-state index contributed by atoms with van der Waals surface area (Å²) in [6.45, 7) is 0. The van der Waals surface area contributed by atoms with Crippen LogP contribution >= 0.6 is 27.7 Å². The van der Waals surface area contributed by atoms with E-state index in [0.717, 1.165) is 5.56 Å². The largest absolute Gasteiger partial charge is 0.476 e. The van der Waals surface area contributed by atoms with Gasteiger partial charge in [0.1, 0.15) is 0 Å². The number of hydrogen-bond acceptors (Lipinski definition) is 4. The third-order valence-corrected chi connectivity index (χ3v) is 4.85. The van der Waals surface area contributed by atoms with Gasteiger partial charge in [0.05, 0.1) is 28.2 Å². The van der Waals surface area contributed by atoms with Gasteiger partial charge >= 0.3 is 5.97 Å². The standard InChI is InChI=1S/C17H14N3O3P3/c18-8-9-2-1-3-12-13(9)15(21)14(16(22)23)19-20(12)11-6-4-10(5-7-11)17(24,25)26/h1-7H,24-26H2,(H,22,23). The number of carboxylic acids is 1. The molecule has 26 heavy (non-hydrogen) atoms. The first-order valence-corrected chi connectivity index (χ1v) is 9.14. The fraction of sp³-hybridized carbons (Fsp3) is 0.0588.